The Bertz CT molecular complexity index is 423. The number of carbonyl (C=O) groups excluding carboxylic acids is 1. The first-order chi connectivity index (χ1) is 7.57. The van der Waals surface area contributed by atoms with Crippen LogP contribution in [0.2, 0.25) is 0 Å². The first kappa shape index (κ1) is 12.0. The maximum atomic E-state index is 12.0. The fraction of sp³-hybridized carbons (Fsp3) is 0.364. The monoisotopic (exact) mass is 219 g/mol. The molecule has 0 aliphatic heterocycles. The molecule has 84 valence electrons. The molecule has 0 unspecified atom stereocenters. The molecule has 1 aromatic rings. The molecule has 0 bridgehead atoms. The fourth-order valence-electron chi connectivity index (χ4n) is 1.29. The normalized spacial score (nSPS) is 9.88. The summed E-state index contributed by atoms with van der Waals surface area (Å²) < 4.78 is 0. The van der Waals surface area contributed by atoms with Crippen LogP contribution >= 0.6 is 0 Å². The van der Waals surface area contributed by atoms with Crippen molar-refractivity contribution in [1.82, 2.24) is 9.88 Å². The lowest BCUT2D eigenvalue weighted by molar-refractivity contribution is 0.0728. The molecule has 0 spiro atoms. The molecule has 5 nitrogen and oxygen atoms in total. The van der Waals surface area contributed by atoms with Gasteiger partial charge in [0.1, 0.15) is 12.3 Å². The molecule has 1 N–H and O–H groups in total. The highest BCUT2D eigenvalue weighted by molar-refractivity contribution is 5.96. The van der Waals surface area contributed by atoms with Crippen molar-refractivity contribution in [2.45, 2.75) is 19.9 Å². The van der Waals surface area contributed by atoms with Crippen LogP contribution in [0.4, 0.5) is 0 Å². The number of aromatic nitrogens is 1. The summed E-state index contributed by atoms with van der Waals surface area (Å²) in [7, 11) is 0. The van der Waals surface area contributed by atoms with Crippen molar-refractivity contribution in [1.29, 1.82) is 5.26 Å². The van der Waals surface area contributed by atoms with Gasteiger partial charge in [0.15, 0.2) is 0 Å². The molecule has 0 atom stereocenters. The number of carbonyl (C=O) groups is 1. The highest BCUT2D eigenvalue weighted by Gasteiger charge is 2.20. The van der Waals surface area contributed by atoms with Crippen molar-refractivity contribution >= 4 is 5.91 Å². The molecule has 16 heavy (non-hydrogen) atoms. The van der Waals surface area contributed by atoms with Crippen LogP contribution in [0, 0.1) is 11.3 Å². The van der Waals surface area contributed by atoms with E-state index in [1.807, 2.05) is 19.9 Å². The second-order valence-corrected chi connectivity index (χ2v) is 3.58. The lowest BCUT2D eigenvalue weighted by Gasteiger charge is -2.23. The van der Waals surface area contributed by atoms with Gasteiger partial charge in [0.05, 0.1) is 17.8 Å². The Morgan fingerprint density at radius 2 is 2.38 bits per heavy atom. The molecule has 0 fully saturated rings. The minimum absolute atomic E-state index is 0.00172. The van der Waals surface area contributed by atoms with Crippen molar-refractivity contribution in [3.05, 3.63) is 24.0 Å². The number of rotatable bonds is 3. The first-order valence-electron chi connectivity index (χ1n) is 4.88. The van der Waals surface area contributed by atoms with Crippen molar-refractivity contribution in [3.63, 3.8) is 0 Å². The maximum absolute atomic E-state index is 12.0. The highest BCUT2D eigenvalue weighted by Crippen LogP contribution is 2.17. The standard InChI is InChI=1S/C11H13N3O2/c1-8(2)14(6-4-12)11(16)9-3-5-13-7-10(9)15/h3,5,7-8,15H,6H2,1-2H3. The van der Waals surface area contributed by atoms with Gasteiger partial charge in [-0.15, -0.1) is 0 Å². The highest BCUT2D eigenvalue weighted by atomic mass is 16.3. The molecule has 1 heterocycles. The first-order valence-corrected chi connectivity index (χ1v) is 4.88. The predicted molar refractivity (Wildman–Crippen MR) is 57.7 cm³/mol. The van der Waals surface area contributed by atoms with Crippen LogP contribution < -0.4 is 0 Å². The number of nitrogens with zero attached hydrogens (tertiary/aromatic N) is 3. The largest absolute Gasteiger partial charge is 0.505 e. The number of hydrogen-bond acceptors (Lipinski definition) is 4. The minimum atomic E-state index is -0.364. The number of hydrogen-bond donors (Lipinski definition) is 1. The van der Waals surface area contributed by atoms with E-state index in [0.29, 0.717) is 0 Å². The van der Waals surface area contributed by atoms with E-state index in [-0.39, 0.29) is 29.8 Å². The van der Waals surface area contributed by atoms with E-state index in [0.717, 1.165) is 0 Å². The molecular formula is C11H13N3O2. The van der Waals surface area contributed by atoms with E-state index >= 15 is 0 Å². The minimum Gasteiger partial charge on any atom is -0.505 e. The zero-order valence-corrected chi connectivity index (χ0v) is 9.21. The molecule has 1 amide bonds. The van der Waals surface area contributed by atoms with Gasteiger partial charge in [-0.1, -0.05) is 0 Å². The number of pyridine rings is 1. The topological polar surface area (TPSA) is 77.2 Å². The Kier molecular flexibility index (Phi) is 3.84. The van der Waals surface area contributed by atoms with Gasteiger partial charge >= 0.3 is 0 Å². The SMILES string of the molecule is CC(C)N(CC#N)C(=O)c1ccncc1O. The van der Waals surface area contributed by atoms with E-state index in [1.54, 1.807) is 0 Å². The van der Waals surface area contributed by atoms with Crippen LogP contribution in [0.15, 0.2) is 18.5 Å². The quantitative estimate of drug-likeness (QED) is 0.774. The molecule has 0 saturated heterocycles. The Hall–Kier alpha value is -2.09. The lowest BCUT2D eigenvalue weighted by Crippen LogP contribution is -2.37. The summed E-state index contributed by atoms with van der Waals surface area (Å²) in [5.41, 5.74) is 0.166. The molecule has 0 radical (unpaired) electrons. The van der Waals surface area contributed by atoms with Crippen LogP contribution in [-0.4, -0.2) is 33.5 Å². The smallest absolute Gasteiger partial charge is 0.258 e. The van der Waals surface area contributed by atoms with Crippen molar-refractivity contribution in [2.75, 3.05) is 6.54 Å². The van der Waals surface area contributed by atoms with Crippen LogP contribution in [0.5, 0.6) is 5.75 Å². The van der Waals surface area contributed by atoms with Gasteiger partial charge in [-0.05, 0) is 19.9 Å². The van der Waals surface area contributed by atoms with Crippen LogP contribution in [0.1, 0.15) is 24.2 Å². The summed E-state index contributed by atoms with van der Waals surface area (Å²) in [4.78, 5) is 17.1. The third-order valence-electron chi connectivity index (χ3n) is 2.16. The molecule has 0 aliphatic carbocycles. The van der Waals surface area contributed by atoms with Gasteiger partial charge in [0.2, 0.25) is 0 Å². The van der Waals surface area contributed by atoms with Gasteiger partial charge in [-0.3, -0.25) is 9.78 Å². The van der Waals surface area contributed by atoms with Gasteiger partial charge in [-0.2, -0.15) is 5.26 Å². The van der Waals surface area contributed by atoms with E-state index in [4.69, 9.17) is 5.26 Å². The Balaban J connectivity index is 3.01. The summed E-state index contributed by atoms with van der Waals surface area (Å²) in [5.74, 6) is -0.535. The average molecular weight is 219 g/mol. The average Bonchev–Trinajstić information content (AvgIpc) is 2.25. The van der Waals surface area contributed by atoms with E-state index in [9.17, 15) is 9.90 Å². The summed E-state index contributed by atoms with van der Waals surface area (Å²) in [5, 5.41) is 18.1. The molecule has 0 aliphatic rings. The zero-order chi connectivity index (χ0) is 12.1. The number of aromatic hydroxyl groups is 1. The van der Waals surface area contributed by atoms with Crippen LogP contribution in [0.25, 0.3) is 0 Å². The fourth-order valence-corrected chi connectivity index (χ4v) is 1.29. The lowest BCUT2D eigenvalue weighted by atomic mass is 10.2. The van der Waals surface area contributed by atoms with Crippen LogP contribution in [-0.2, 0) is 0 Å². The molecule has 1 aromatic heterocycles. The van der Waals surface area contributed by atoms with Gasteiger partial charge in [-0.25, -0.2) is 0 Å². The van der Waals surface area contributed by atoms with Gasteiger partial charge < -0.3 is 10.0 Å². The summed E-state index contributed by atoms with van der Waals surface area (Å²) in [6, 6.07) is 3.26. The number of amides is 1. The maximum Gasteiger partial charge on any atom is 0.258 e. The summed E-state index contributed by atoms with van der Waals surface area (Å²) >= 11 is 0. The zero-order valence-electron chi connectivity index (χ0n) is 9.21. The number of nitriles is 1. The second kappa shape index (κ2) is 5.12. The summed E-state index contributed by atoms with van der Waals surface area (Å²) in [6.45, 7) is 3.62. The van der Waals surface area contributed by atoms with E-state index in [1.165, 1.54) is 23.4 Å². The van der Waals surface area contributed by atoms with Gasteiger partial charge in [0.25, 0.3) is 5.91 Å². The van der Waals surface area contributed by atoms with Crippen molar-refractivity contribution in [2.24, 2.45) is 0 Å². The Labute approximate surface area is 93.9 Å². The Morgan fingerprint density at radius 1 is 1.69 bits per heavy atom. The van der Waals surface area contributed by atoms with E-state index in [2.05, 4.69) is 4.98 Å². The second-order valence-electron chi connectivity index (χ2n) is 3.58. The molecule has 0 saturated carbocycles. The van der Waals surface area contributed by atoms with E-state index < -0.39 is 0 Å². The molecule has 0 aromatic carbocycles. The third kappa shape index (κ3) is 2.48. The Morgan fingerprint density at radius 3 is 2.88 bits per heavy atom. The van der Waals surface area contributed by atoms with Crippen molar-refractivity contribution in [3.8, 4) is 11.8 Å². The summed E-state index contributed by atoms with van der Waals surface area (Å²) in [6.07, 6.45) is 2.63. The van der Waals surface area contributed by atoms with Gasteiger partial charge in [0, 0.05) is 12.2 Å². The van der Waals surface area contributed by atoms with Crippen LogP contribution in [0.3, 0.4) is 0 Å². The third-order valence-corrected chi connectivity index (χ3v) is 2.16. The van der Waals surface area contributed by atoms with Crippen molar-refractivity contribution < 1.29 is 9.90 Å². The molecular weight excluding hydrogens is 206 g/mol. The molecule has 5 heteroatoms. The molecule has 1 rings (SSSR count). The predicted octanol–water partition coefficient (Wildman–Crippen LogP) is 1.16.